The van der Waals surface area contributed by atoms with Crippen LogP contribution in [-0.2, 0) is 27.9 Å². The molecular weight excluding hydrogens is 589 g/mol. The molecule has 0 spiro atoms. The van der Waals surface area contributed by atoms with E-state index in [0.29, 0.717) is 13.0 Å². The quantitative estimate of drug-likeness (QED) is 0.0304. The predicted octanol–water partition coefficient (Wildman–Crippen LogP) is 9.91. The summed E-state index contributed by atoms with van der Waals surface area (Å²) in [5.74, 6) is -0.348. The first-order chi connectivity index (χ1) is 21.9. The molecule has 0 amide bonds. The fourth-order valence-electron chi connectivity index (χ4n) is 4.61. The zero-order chi connectivity index (χ0) is 33.1. The zero-order valence-corrected chi connectivity index (χ0v) is 29.7. The lowest BCUT2D eigenvalue weighted by Crippen LogP contribution is -2.28. The summed E-state index contributed by atoms with van der Waals surface area (Å²) in [7, 11) is -4.27. The fraction of sp³-hybridized carbons (Fsp3) is 0.806. The number of phosphoric acid groups is 1. The van der Waals surface area contributed by atoms with Gasteiger partial charge in [0.25, 0.3) is 0 Å². The van der Waals surface area contributed by atoms with E-state index in [0.717, 1.165) is 70.6 Å². The van der Waals surface area contributed by atoms with Crippen LogP contribution >= 0.6 is 7.82 Å². The first kappa shape index (κ1) is 43.7. The molecule has 0 radical (unpaired) electrons. The number of allylic oxidation sites excluding steroid dienone is 6. The molecule has 45 heavy (non-hydrogen) atoms. The van der Waals surface area contributed by atoms with E-state index in [1.165, 1.54) is 57.8 Å². The number of carbonyl (C=O) groups is 1. The van der Waals surface area contributed by atoms with Crippen LogP contribution < -0.4 is 5.73 Å². The smallest absolute Gasteiger partial charge is 0.457 e. The lowest BCUT2D eigenvalue weighted by atomic mass is 10.1. The van der Waals surface area contributed by atoms with E-state index in [1.54, 1.807) is 0 Å². The molecule has 3 N–H and O–H groups in total. The van der Waals surface area contributed by atoms with Crippen molar-refractivity contribution >= 4 is 13.8 Å². The normalized spacial score (nSPS) is 14.1. The number of phosphoric ester groups is 1. The highest BCUT2D eigenvalue weighted by atomic mass is 31.2. The molecule has 2 unspecified atom stereocenters. The highest BCUT2D eigenvalue weighted by Crippen LogP contribution is 2.43. The van der Waals surface area contributed by atoms with Gasteiger partial charge in [0.05, 0.1) is 19.8 Å². The molecule has 0 aliphatic carbocycles. The standard InChI is InChI=1S/C36H68NO7P/c1-3-5-7-9-11-13-15-16-17-18-19-20-22-24-26-28-31-41-33-35(34-43-45(39,40)42-32-30-37)44-36(38)29-27-25-23-21-14-12-10-8-6-4-2/h8,10-11,13,16-17,35H,3-7,9,12,14-15,18-34,37H2,1-2H3,(H,39,40)/b10-8-,13-11-,17-16-. The summed E-state index contributed by atoms with van der Waals surface area (Å²) in [4.78, 5) is 22.3. The molecule has 0 fully saturated rings. The number of unbranched alkanes of at least 4 members (excludes halogenated alkanes) is 15. The Bertz CT molecular complexity index is 787. The average Bonchev–Trinajstić information content (AvgIpc) is 3.02. The molecule has 0 saturated carbocycles. The second-order valence-corrected chi connectivity index (χ2v) is 13.2. The van der Waals surface area contributed by atoms with Gasteiger partial charge in [-0.15, -0.1) is 0 Å². The summed E-state index contributed by atoms with van der Waals surface area (Å²) in [6.07, 6.45) is 35.9. The molecule has 0 bridgehead atoms. The van der Waals surface area contributed by atoms with Gasteiger partial charge in [-0.3, -0.25) is 13.8 Å². The van der Waals surface area contributed by atoms with Gasteiger partial charge in [0.15, 0.2) is 0 Å². The number of rotatable bonds is 34. The maximum absolute atomic E-state index is 12.4. The third-order valence-electron chi connectivity index (χ3n) is 7.26. The van der Waals surface area contributed by atoms with Crippen LogP contribution in [0.1, 0.15) is 149 Å². The maximum Gasteiger partial charge on any atom is 0.472 e. The first-order valence-electron chi connectivity index (χ1n) is 18.0. The molecule has 0 saturated heterocycles. The Labute approximate surface area is 276 Å². The number of hydrogen-bond acceptors (Lipinski definition) is 7. The molecule has 0 heterocycles. The van der Waals surface area contributed by atoms with Gasteiger partial charge in [-0.05, 0) is 64.2 Å². The van der Waals surface area contributed by atoms with Gasteiger partial charge < -0.3 is 20.1 Å². The zero-order valence-electron chi connectivity index (χ0n) is 28.8. The minimum Gasteiger partial charge on any atom is -0.457 e. The summed E-state index contributed by atoms with van der Waals surface area (Å²) in [5.41, 5.74) is 5.34. The SMILES string of the molecule is CCC/C=C\CCCCCCCC(=O)OC(COCCCCCCCC/C=C\C/C=C\CCCCC)COP(=O)(O)OCCN. The Kier molecular flexibility index (Phi) is 33.1. The van der Waals surface area contributed by atoms with Gasteiger partial charge >= 0.3 is 13.8 Å². The van der Waals surface area contributed by atoms with Gasteiger partial charge in [0, 0.05) is 19.6 Å². The van der Waals surface area contributed by atoms with E-state index in [-0.39, 0.29) is 32.3 Å². The predicted molar refractivity (Wildman–Crippen MR) is 187 cm³/mol. The van der Waals surface area contributed by atoms with E-state index < -0.39 is 13.9 Å². The van der Waals surface area contributed by atoms with E-state index in [9.17, 15) is 14.3 Å². The summed E-state index contributed by atoms with van der Waals surface area (Å²) in [6.45, 7) is 4.78. The summed E-state index contributed by atoms with van der Waals surface area (Å²) in [5, 5.41) is 0. The minimum atomic E-state index is -4.27. The molecule has 9 heteroatoms. The molecule has 2 atom stereocenters. The van der Waals surface area contributed by atoms with Crippen molar-refractivity contribution in [3.63, 3.8) is 0 Å². The van der Waals surface area contributed by atoms with Crippen LogP contribution in [0.4, 0.5) is 0 Å². The highest BCUT2D eigenvalue weighted by Gasteiger charge is 2.25. The summed E-state index contributed by atoms with van der Waals surface area (Å²) in [6, 6.07) is 0. The van der Waals surface area contributed by atoms with Crippen LogP contribution in [0.3, 0.4) is 0 Å². The molecular formula is C36H68NO7P. The number of ether oxygens (including phenoxy) is 2. The average molecular weight is 658 g/mol. The van der Waals surface area contributed by atoms with Crippen molar-refractivity contribution in [2.75, 3.05) is 33.0 Å². The third kappa shape index (κ3) is 33.9. The lowest BCUT2D eigenvalue weighted by Gasteiger charge is -2.20. The minimum absolute atomic E-state index is 0.0964. The van der Waals surface area contributed by atoms with Gasteiger partial charge in [-0.1, -0.05) is 115 Å². The monoisotopic (exact) mass is 657 g/mol. The van der Waals surface area contributed by atoms with Gasteiger partial charge in [0.2, 0.25) is 0 Å². The second kappa shape index (κ2) is 34.1. The van der Waals surface area contributed by atoms with Crippen LogP contribution in [0.5, 0.6) is 0 Å². The number of carbonyl (C=O) groups excluding carboxylic acids is 1. The highest BCUT2D eigenvalue weighted by molar-refractivity contribution is 7.47. The largest absolute Gasteiger partial charge is 0.472 e. The Morgan fingerprint density at radius 3 is 1.84 bits per heavy atom. The summed E-state index contributed by atoms with van der Waals surface area (Å²) < 4.78 is 33.2. The van der Waals surface area contributed by atoms with Crippen molar-refractivity contribution in [3.8, 4) is 0 Å². The van der Waals surface area contributed by atoms with Crippen molar-refractivity contribution in [1.82, 2.24) is 0 Å². The fourth-order valence-corrected chi connectivity index (χ4v) is 5.38. The van der Waals surface area contributed by atoms with Crippen molar-refractivity contribution in [1.29, 1.82) is 0 Å². The van der Waals surface area contributed by atoms with E-state index in [1.807, 2.05) is 0 Å². The van der Waals surface area contributed by atoms with Crippen molar-refractivity contribution in [3.05, 3.63) is 36.5 Å². The first-order valence-corrected chi connectivity index (χ1v) is 19.5. The van der Waals surface area contributed by atoms with Crippen molar-refractivity contribution < 1.29 is 32.8 Å². The maximum atomic E-state index is 12.4. The third-order valence-corrected chi connectivity index (χ3v) is 8.24. The van der Waals surface area contributed by atoms with Crippen molar-refractivity contribution in [2.45, 2.75) is 155 Å². The molecule has 8 nitrogen and oxygen atoms in total. The molecule has 0 aromatic heterocycles. The van der Waals surface area contributed by atoms with Gasteiger partial charge in [0.1, 0.15) is 6.10 Å². The Morgan fingerprint density at radius 2 is 1.22 bits per heavy atom. The van der Waals surface area contributed by atoms with E-state index in [4.69, 9.17) is 24.3 Å². The van der Waals surface area contributed by atoms with Crippen LogP contribution in [0.15, 0.2) is 36.5 Å². The van der Waals surface area contributed by atoms with Crippen LogP contribution in [0.2, 0.25) is 0 Å². The molecule has 0 rings (SSSR count). The number of hydrogen-bond donors (Lipinski definition) is 2. The van der Waals surface area contributed by atoms with Crippen molar-refractivity contribution in [2.24, 2.45) is 5.73 Å². The molecule has 0 aromatic rings. The Morgan fingerprint density at radius 1 is 0.667 bits per heavy atom. The topological polar surface area (TPSA) is 117 Å². The van der Waals surface area contributed by atoms with Gasteiger partial charge in [-0.25, -0.2) is 4.57 Å². The van der Waals surface area contributed by atoms with E-state index in [2.05, 4.69) is 50.3 Å². The van der Waals surface area contributed by atoms with Gasteiger partial charge in [-0.2, -0.15) is 0 Å². The Balaban J connectivity index is 4.12. The lowest BCUT2D eigenvalue weighted by molar-refractivity contribution is -0.154. The molecule has 0 aliphatic heterocycles. The molecule has 0 aromatic carbocycles. The Hall–Kier alpha value is -1.28. The number of nitrogens with two attached hydrogens (primary N) is 1. The number of esters is 1. The molecule has 0 aliphatic rings. The summed E-state index contributed by atoms with van der Waals surface area (Å²) >= 11 is 0. The van der Waals surface area contributed by atoms with Crippen LogP contribution in [0, 0.1) is 0 Å². The molecule has 264 valence electrons. The van der Waals surface area contributed by atoms with Crippen LogP contribution in [0.25, 0.3) is 0 Å². The second-order valence-electron chi connectivity index (χ2n) is 11.7. The van der Waals surface area contributed by atoms with Crippen LogP contribution in [-0.4, -0.2) is 49.9 Å². The van der Waals surface area contributed by atoms with E-state index >= 15 is 0 Å².